The SMILES string of the molecule is COc1cc(OC)cc(C(=O)N/N=C\c2ccc(Br)s2)c1. The van der Waals surface area contributed by atoms with Gasteiger partial charge in [-0.15, -0.1) is 11.3 Å². The van der Waals surface area contributed by atoms with Crippen LogP contribution >= 0.6 is 27.3 Å². The van der Waals surface area contributed by atoms with Crippen molar-refractivity contribution < 1.29 is 14.3 Å². The van der Waals surface area contributed by atoms with Crippen LogP contribution in [0.15, 0.2) is 39.2 Å². The van der Waals surface area contributed by atoms with E-state index in [9.17, 15) is 4.79 Å². The number of nitrogens with one attached hydrogen (secondary N) is 1. The van der Waals surface area contributed by atoms with Gasteiger partial charge in [-0.1, -0.05) is 0 Å². The zero-order chi connectivity index (χ0) is 15.2. The summed E-state index contributed by atoms with van der Waals surface area (Å²) in [5.74, 6) is 0.760. The molecule has 0 aliphatic carbocycles. The van der Waals surface area contributed by atoms with Crippen molar-refractivity contribution in [2.75, 3.05) is 14.2 Å². The molecule has 1 heterocycles. The van der Waals surface area contributed by atoms with Crippen molar-refractivity contribution in [3.63, 3.8) is 0 Å². The van der Waals surface area contributed by atoms with Crippen molar-refractivity contribution in [1.82, 2.24) is 5.43 Å². The highest BCUT2D eigenvalue weighted by molar-refractivity contribution is 9.11. The minimum absolute atomic E-state index is 0.334. The highest BCUT2D eigenvalue weighted by atomic mass is 79.9. The zero-order valence-electron chi connectivity index (χ0n) is 11.4. The molecule has 1 aromatic heterocycles. The van der Waals surface area contributed by atoms with E-state index in [2.05, 4.69) is 26.5 Å². The quantitative estimate of drug-likeness (QED) is 0.650. The molecule has 0 bridgehead atoms. The van der Waals surface area contributed by atoms with E-state index >= 15 is 0 Å². The summed E-state index contributed by atoms with van der Waals surface area (Å²) in [5.41, 5.74) is 2.88. The van der Waals surface area contributed by atoms with Gasteiger partial charge in [0.25, 0.3) is 5.91 Å². The molecule has 2 rings (SSSR count). The number of carbonyl (C=O) groups is 1. The number of hydrogen-bond donors (Lipinski definition) is 1. The standard InChI is InChI=1S/C14H13BrN2O3S/c1-19-10-5-9(6-11(7-10)20-2)14(18)17-16-8-12-3-4-13(15)21-12/h3-8H,1-2H3,(H,17,18)/b16-8-. The fraction of sp³-hybridized carbons (Fsp3) is 0.143. The Bertz CT molecular complexity index is 648. The molecule has 0 aliphatic heterocycles. The van der Waals surface area contributed by atoms with E-state index in [0.29, 0.717) is 17.1 Å². The number of nitrogens with zero attached hydrogens (tertiary/aromatic N) is 1. The molecule has 21 heavy (non-hydrogen) atoms. The van der Waals surface area contributed by atoms with E-state index in [1.165, 1.54) is 25.6 Å². The Morgan fingerprint density at radius 1 is 1.24 bits per heavy atom. The van der Waals surface area contributed by atoms with Gasteiger partial charge in [0.1, 0.15) is 11.5 Å². The first-order valence-corrected chi connectivity index (χ1v) is 7.55. The lowest BCUT2D eigenvalue weighted by Crippen LogP contribution is -2.17. The maximum Gasteiger partial charge on any atom is 0.271 e. The van der Waals surface area contributed by atoms with Gasteiger partial charge in [0, 0.05) is 16.5 Å². The Hall–Kier alpha value is -1.86. The molecule has 0 radical (unpaired) electrons. The summed E-state index contributed by atoms with van der Waals surface area (Å²) in [6.07, 6.45) is 1.59. The number of hydrazone groups is 1. The number of rotatable bonds is 5. The number of carbonyl (C=O) groups excluding carboxylic acids is 1. The molecular weight excluding hydrogens is 356 g/mol. The summed E-state index contributed by atoms with van der Waals surface area (Å²) in [6.45, 7) is 0. The van der Waals surface area contributed by atoms with Crippen molar-refractivity contribution in [2.45, 2.75) is 0 Å². The number of amides is 1. The van der Waals surface area contributed by atoms with Gasteiger partial charge in [-0.05, 0) is 40.2 Å². The Balaban J connectivity index is 2.07. The molecular formula is C14H13BrN2O3S. The molecule has 2 aromatic rings. The maximum absolute atomic E-state index is 12.0. The van der Waals surface area contributed by atoms with E-state index in [4.69, 9.17) is 9.47 Å². The summed E-state index contributed by atoms with van der Waals surface area (Å²) in [4.78, 5) is 13.0. The third kappa shape index (κ3) is 4.30. The van der Waals surface area contributed by atoms with Gasteiger partial charge in [-0.3, -0.25) is 4.79 Å². The maximum atomic E-state index is 12.0. The van der Waals surface area contributed by atoms with E-state index in [1.807, 2.05) is 12.1 Å². The molecule has 0 saturated heterocycles. The molecule has 0 saturated carbocycles. The molecule has 110 valence electrons. The minimum atomic E-state index is -0.334. The number of hydrogen-bond acceptors (Lipinski definition) is 5. The van der Waals surface area contributed by atoms with Gasteiger partial charge in [0.15, 0.2) is 0 Å². The van der Waals surface area contributed by atoms with Crippen molar-refractivity contribution in [2.24, 2.45) is 5.10 Å². The van der Waals surface area contributed by atoms with Crippen molar-refractivity contribution in [3.8, 4) is 11.5 Å². The summed E-state index contributed by atoms with van der Waals surface area (Å²) < 4.78 is 11.3. The van der Waals surface area contributed by atoms with Crippen LogP contribution in [0.1, 0.15) is 15.2 Å². The minimum Gasteiger partial charge on any atom is -0.497 e. The van der Waals surface area contributed by atoms with Gasteiger partial charge < -0.3 is 9.47 Å². The Labute approximate surface area is 134 Å². The smallest absolute Gasteiger partial charge is 0.271 e. The van der Waals surface area contributed by atoms with Crippen LogP contribution in [-0.4, -0.2) is 26.3 Å². The van der Waals surface area contributed by atoms with E-state index < -0.39 is 0 Å². The highest BCUT2D eigenvalue weighted by Crippen LogP contribution is 2.22. The monoisotopic (exact) mass is 368 g/mol. The summed E-state index contributed by atoms with van der Waals surface area (Å²) in [5, 5.41) is 3.93. The second kappa shape index (κ2) is 7.24. The van der Waals surface area contributed by atoms with Crippen LogP contribution in [0.3, 0.4) is 0 Å². The van der Waals surface area contributed by atoms with Crippen LogP contribution in [-0.2, 0) is 0 Å². The van der Waals surface area contributed by atoms with Gasteiger partial charge >= 0.3 is 0 Å². The van der Waals surface area contributed by atoms with Gasteiger partial charge in [0.2, 0.25) is 0 Å². The van der Waals surface area contributed by atoms with Crippen LogP contribution in [0.4, 0.5) is 0 Å². The Morgan fingerprint density at radius 3 is 2.43 bits per heavy atom. The van der Waals surface area contributed by atoms with Gasteiger partial charge in [-0.2, -0.15) is 5.10 Å². The van der Waals surface area contributed by atoms with Crippen LogP contribution in [0.2, 0.25) is 0 Å². The Kier molecular flexibility index (Phi) is 5.35. The normalized spacial score (nSPS) is 10.6. The molecule has 0 spiro atoms. The fourth-order valence-electron chi connectivity index (χ4n) is 1.56. The summed E-state index contributed by atoms with van der Waals surface area (Å²) in [6, 6.07) is 8.76. The van der Waals surface area contributed by atoms with Crippen LogP contribution in [0.5, 0.6) is 11.5 Å². The average Bonchev–Trinajstić information content (AvgIpc) is 2.92. The third-order valence-electron chi connectivity index (χ3n) is 2.57. The highest BCUT2D eigenvalue weighted by Gasteiger charge is 2.09. The first-order valence-electron chi connectivity index (χ1n) is 5.94. The number of ether oxygens (including phenoxy) is 2. The third-order valence-corrected chi connectivity index (χ3v) is 4.12. The number of methoxy groups -OCH3 is 2. The van der Waals surface area contributed by atoms with E-state index in [-0.39, 0.29) is 5.91 Å². The van der Waals surface area contributed by atoms with Crippen molar-refractivity contribution in [3.05, 3.63) is 44.6 Å². The lowest BCUT2D eigenvalue weighted by molar-refractivity contribution is 0.0954. The molecule has 0 fully saturated rings. The van der Waals surface area contributed by atoms with Crippen LogP contribution in [0, 0.1) is 0 Å². The largest absolute Gasteiger partial charge is 0.497 e. The predicted octanol–water partition coefficient (Wildman–Crippen LogP) is 3.29. The molecule has 0 unspecified atom stereocenters. The van der Waals surface area contributed by atoms with E-state index in [0.717, 1.165) is 8.66 Å². The predicted molar refractivity (Wildman–Crippen MR) is 86.6 cm³/mol. The van der Waals surface area contributed by atoms with Crippen molar-refractivity contribution >= 4 is 39.4 Å². The molecule has 0 atom stereocenters. The lowest BCUT2D eigenvalue weighted by atomic mass is 10.2. The number of thiophene rings is 1. The van der Waals surface area contributed by atoms with Gasteiger partial charge in [-0.25, -0.2) is 5.43 Å². The zero-order valence-corrected chi connectivity index (χ0v) is 13.8. The molecule has 1 N–H and O–H groups in total. The number of benzene rings is 1. The molecule has 0 aliphatic rings. The molecule has 5 nitrogen and oxygen atoms in total. The number of halogens is 1. The van der Waals surface area contributed by atoms with Crippen molar-refractivity contribution in [1.29, 1.82) is 0 Å². The molecule has 7 heteroatoms. The van der Waals surface area contributed by atoms with Gasteiger partial charge in [0.05, 0.1) is 24.2 Å². The average molecular weight is 369 g/mol. The Morgan fingerprint density at radius 2 is 1.90 bits per heavy atom. The molecule has 1 aromatic carbocycles. The summed E-state index contributed by atoms with van der Waals surface area (Å²) in [7, 11) is 3.06. The fourth-order valence-corrected chi connectivity index (χ4v) is 2.85. The van der Waals surface area contributed by atoms with E-state index in [1.54, 1.807) is 24.4 Å². The first-order chi connectivity index (χ1) is 10.1. The molecule has 1 amide bonds. The first kappa shape index (κ1) is 15.5. The second-order valence-corrected chi connectivity index (χ2v) is 6.44. The lowest BCUT2D eigenvalue weighted by Gasteiger charge is -2.07. The van der Waals surface area contributed by atoms with Crippen LogP contribution < -0.4 is 14.9 Å². The second-order valence-electron chi connectivity index (χ2n) is 3.94. The topological polar surface area (TPSA) is 59.9 Å². The summed E-state index contributed by atoms with van der Waals surface area (Å²) >= 11 is 4.89. The van der Waals surface area contributed by atoms with Crippen LogP contribution in [0.25, 0.3) is 0 Å².